The van der Waals surface area contributed by atoms with Crippen LogP contribution in [0.3, 0.4) is 0 Å². The van der Waals surface area contributed by atoms with Crippen LogP contribution in [0.4, 0.5) is 0 Å². The van der Waals surface area contributed by atoms with E-state index in [-0.39, 0.29) is 22.5 Å². The van der Waals surface area contributed by atoms with Crippen LogP contribution in [0.5, 0.6) is 17.2 Å². The van der Waals surface area contributed by atoms with Crippen LogP contribution in [0.1, 0.15) is 36.6 Å². The van der Waals surface area contributed by atoms with Crippen LogP contribution in [-0.2, 0) is 4.74 Å². The van der Waals surface area contributed by atoms with E-state index in [1.165, 1.54) is 39.5 Å². The number of carbonyl (C=O) groups excluding carboxylic acids is 3. The van der Waals surface area contributed by atoms with Crippen molar-refractivity contribution in [1.29, 1.82) is 0 Å². The molecule has 0 saturated heterocycles. The maximum atomic E-state index is 12.8. The summed E-state index contributed by atoms with van der Waals surface area (Å²) >= 11 is 0. The van der Waals surface area contributed by atoms with Gasteiger partial charge >= 0.3 is 5.97 Å². The van der Waals surface area contributed by atoms with Crippen molar-refractivity contribution in [2.45, 2.75) is 0 Å². The molecule has 0 bridgehead atoms. The molecule has 0 N–H and O–H groups in total. The number of hydrogen-bond donors (Lipinski definition) is 0. The maximum absolute atomic E-state index is 12.8. The predicted molar refractivity (Wildman–Crippen MR) is 117 cm³/mol. The molecule has 7 nitrogen and oxygen atoms in total. The first-order chi connectivity index (χ1) is 15.5. The first-order valence-corrected chi connectivity index (χ1v) is 9.69. The van der Waals surface area contributed by atoms with Gasteiger partial charge in [0.1, 0.15) is 0 Å². The van der Waals surface area contributed by atoms with Crippen LogP contribution in [0.15, 0.2) is 66.7 Å². The maximum Gasteiger partial charge on any atom is 0.339 e. The van der Waals surface area contributed by atoms with Crippen molar-refractivity contribution < 1.29 is 33.3 Å². The molecule has 3 aromatic rings. The molecule has 0 aliphatic heterocycles. The molecular weight excluding hydrogens is 412 g/mol. The van der Waals surface area contributed by atoms with E-state index in [0.717, 1.165) is 0 Å². The van der Waals surface area contributed by atoms with Gasteiger partial charge in [0.2, 0.25) is 11.5 Å². The molecule has 0 aromatic heterocycles. The molecule has 0 heterocycles. The lowest BCUT2D eigenvalue weighted by Gasteiger charge is -2.14. The number of benzene rings is 3. The SMILES string of the molecule is COc1cc(C(=O)COC(=O)c2ccccc2C(=O)c2ccccc2)cc(OC)c1OC. The summed E-state index contributed by atoms with van der Waals surface area (Å²) in [5.74, 6) is -0.596. The van der Waals surface area contributed by atoms with Gasteiger partial charge in [-0.3, -0.25) is 9.59 Å². The Balaban J connectivity index is 1.78. The van der Waals surface area contributed by atoms with Gasteiger partial charge in [0.25, 0.3) is 0 Å². The Morgan fingerprint density at radius 3 is 1.81 bits per heavy atom. The fraction of sp³-hybridized carbons (Fsp3) is 0.160. The Hall–Kier alpha value is -4.13. The van der Waals surface area contributed by atoms with E-state index in [1.54, 1.807) is 48.5 Å². The van der Waals surface area contributed by atoms with Gasteiger partial charge in [0, 0.05) is 16.7 Å². The van der Waals surface area contributed by atoms with Crippen molar-refractivity contribution in [1.82, 2.24) is 0 Å². The fourth-order valence-electron chi connectivity index (χ4n) is 3.14. The lowest BCUT2D eigenvalue weighted by molar-refractivity contribution is 0.0473. The molecule has 0 radical (unpaired) electrons. The molecule has 3 aromatic carbocycles. The quantitative estimate of drug-likeness (QED) is 0.372. The monoisotopic (exact) mass is 434 g/mol. The smallest absolute Gasteiger partial charge is 0.339 e. The molecule has 0 aliphatic carbocycles. The highest BCUT2D eigenvalue weighted by Crippen LogP contribution is 2.38. The second-order valence-corrected chi connectivity index (χ2v) is 6.65. The normalized spacial score (nSPS) is 10.2. The second-order valence-electron chi connectivity index (χ2n) is 6.65. The number of rotatable bonds is 9. The fourth-order valence-corrected chi connectivity index (χ4v) is 3.14. The zero-order chi connectivity index (χ0) is 23.1. The molecule has 164 valence electrons. The summed E-state index contributed by atoms with van der Waals surface area (Å²) < 4.78 is 21.0. The lowest BCUT2D eigenvalue weighted by atomic mass is 9.98. The van der Waals surface area contributed by atoms with E-state index in [4.69, 9.17) is 18.9 Å². The zero-order valence-corrected chi connectivity index (χ0v) is 17.9. The van der Waals surface area contributed by atoms with E-state index >= 15 is 0 Å². The highest BCUT2D eigenvalue weighted by atomic mass is 16.5. The van der Waals surface area contributed by atoms with E-state index < -0.39 is 18.4 Å². The third-order valence-corrected chi connectivity index (χ3v) is 4.75. The Labute approximate surface area is 185 Å². The van der Waals surface area contributed by atoms with Crippen molar-refractivity contribution in [3.05, 3.63) is 89.0 Å². The third kappa shape index (κ3) is 4.78. The number of esters is 1. The highest BCUT2D eigenvalue weighted by molar-refractivity contribution is 6.14. The first kappa shape index (κ1) is 22.6. The van der Waals surface area contributed by atoms with Gasteiger partial charge < -0.3 is 18.9 Å². The molecule has 32 heavy (non-hydrogen) atoms. The van der Waals surface area contributed by atoms with Gasteiger partial charge in [0.05, 0.1) is 26.9 Å². The van der Waals surface area contributed by atoms with Crippen LogP contribution in [0.25, 0.3) is 0 Å². The van der Waals surface area contributed by atoms with Crippen molar-refractivity contribution in [3.8, 4) is 17.2 Å². The molecule has 7 heteroatoms. The topological polar surface area (TPSA) is 88.1 Å². The van der Waals surface area contributed by atoms with E-state index in [2.05, 4.69) is 0 Å². The van der Waals surface area contributed by atoms with Crippen molar-refractivity contribution >= 4 is 17.5 Å². The molecule has 0 amide bonds. The van der Waals surface area contributed by atoms with Gasteiger partial charge in [-0.25, -0.2) is 4.79 Å². The molecule has 3 rings (SSSR count). The Morgan fingerprint density at radius 1 is 0.688 bits per heavy atom. The Morgan fingerprint density at radius 2 is 1.25 bits per heavy atom. The van der Waals surface area contributed by atoms with E-state index in [9.17, 15) is 14.4 Å². The van der Waals surface area contributed by atoms with Crippen molar-refractivity contribution in [3.63, 3.8) is 0 Å². The average Bonchev–Trinajstić information content (AvgIpc) is 2.86. The molecule has 0 spiro atoms. The average molecular weight is 434 g/mol. The number of methoxy groups -OCH3 is 3. The molecule has 0 fully saturated rings. The van der Waals surface area contributed by atoms with Gasteiger partial charge in [-0.15, -0.1) is 0 Å². The molecular formula is C25H22O7. The minimum atomic E-state index is -0.773. The molecule has 0 atom stereocenters. The minimum Gasteiger partial charge on any atom is -0.493 e. The third-order valence-electron chi connectivity index (χ3n) is 4.75. The summed E-state index contributed by atoms with van der Waals surface area (Å²) in [5, 5.41) is 0. The highest BCUT2D eigenvalue weighted by Gasteiger charge is 2.21. The summed E-state index contributed by atoms with van der Waals surface area (Å²) in [4.78, 5) is 38.2. The zero-order valence-electron chi connectivity index (χ0n) is 17.9. The number of ether oxygens (including phenoxy) is 4. The van der Waals surface area contributed by atoms with Gasteiger partial charge in [-0.1, -0.05) is 48.5 Å². The molecule has 0 saturated carbocycles. The summed E-state index contributed by atoms with van der Waals surface area (Å²) in [6.07, 6.45) is 0. The van der Waals surface area contributed by atoms with Crippen LogP contribution >= 0.6 is 0 Å². The molecule has 0 unspecified atom stereocenters. The van der Waals surface area contributed by atoms with Crippen LogP contribution < -0.4 is 14.2 Å². The van der Waals surface area contributed by atoms with Crippen molar-refractivity contribution in [2.75, 3.05) is 27.9 Å². The van der Waals surface area contributed by atoms with Gasteiger partial charge in [-0.05, 0) is 18.2 Å². The Bertz CT molecular complexity index is 1110. The summed E-state index contributed by atoms with van der Waals surface area (Å²) in [7, 11) is 4.33. The lowest BCUT2D eigenvalue weighted by Crippen LogP contribution is -2.17. The number of carbonyl (C=O) groups is 3. The van der Waals surface area contributed by atoms with Crippen LogP contribution in [0.2, 0.25) is 0 Å². The first-order valence-electron chi connectivity index (χ1n) is 9.69. The molecule has 0 aliphatic rings. The number of hydrogen-bond acceptors (Lipinski definition) is 7. The second kappa shape index (κ2) is 10.3. The minimum absolute atomic E-state index is 0.0824. The van der Waals surface area contributed by atoms with Gasteiger partial charge in [-0.2, -0.15) is 0 Å². The van der Waals surface area contributed by atoms with E-state index in [0.29, 0.717) is 22.8 Å². The van der Waals surface area contributed by atoms with Crippen molar-refractivity contribution in [2.24, 2.45) is 0 Å². The summed E-state index contributed by atoms with van der Waals surface area (Å²) in [6.45, 7) is -0.522. The van der Waals surface area contributed by atoms with E-state index in [1.807, 2.05) is 0 Å². The predicted octanol–water partition coefficient (Wildman–Crippen LogP) is 3.98. The summed E-state index contributed by atoms with van der Waals surface area (Å²) in [6, 6.07) is 17.9. The Kier molecular flexibility index (Phi) is 7.23. The number of Topliss-reactive ketones (excluding diaryl/α,β-unsaturated/α-hetero) is 1. The van der Waals surface area contributed by atoms with Crippen LogP contribution in [-0.4, -0.2) is 45.5 Å². The number of ketones is 2. The standard InChI is InChI=1S/C25H22O7/c1-29-21-13-17(14-22(30-2)24(21)31-3)20(26)15-32-25(28)19-12-8-7-11-18(19)23(27)16-9-5-4-6-10-16/h4-14H,15H2,1-3H3. The van der Waals surface area contributed by atoms with Gasteiger partial charge in [0.15, 0.2) is 23.9 Å². The largest absolute Gasteiger partial charge is 0.493 e. The van der Waals surface area contributed by atoms with Crippen LogP contribution in [0, 0.1) is 0 Å². The summed E-state index contributed by atoms with van der Waals surface area (Å²) in [5.41, 5.74) is 0.949.